The van der Waals surface area contributed by atoms with Crippen molar-refractivity contribution in [2.75, 3.05) is 4.90 Å². The number of hydrogen-bond donors (Lipinski definition) is 0. The minimum Gasteiger partial charge on any atom is -0.456 e. The Balaban J connectivity index is 0.910. The molecule has 0 bridgehead atoms. The number of anilines is 3. The standard InChI is InChI=1S/C60H38N2O/c1-4-19-48-41(12-1)15-10-24-54(48)61(55-25-11-16-42-13-2-5-20-49(42)55)46-18-9-17-44(36-46)39-26-28-40(29-27-39)45-30-33-52-51-22-7-8-23-56(51)62(57(52)37-45)47-32-35-58-53(38-47)60-50-21-6-3-14-43(50)31-34-59(60)63-58/h1-38H. The highest BCUT2D eigenvalue weighted by molar-refractivity contribution is 6.19. The number of nitrogens with zero attached hydrogens (tertiary/aromatic N) is 2. The summed E-state index contributed by atoms with van der Waals surface area (Å²) >= 11 is 0. The maximum atomic E-state index is 6.40. The molecule has 2 aromatic heterocycles. The highest BCUT2D eigenvalue weighted by Crippen LogP contribution is 2.44. The van der Waals surface area contributed by atoms with Gasteiger partial charge in [-0.3, -0.25) is 0 Å². The van der Waals surface area contributed by atoms with Crippen molar-refractivity contribution >= 4 is 93.1 Å². The zero-order valence-electron chi connectivity index (χ0n) is 34.2. The van der Waals surface area contributed by atoms with Crippen molar-refractivity contribution in [2.45, 2.75) is 0 Å². The monoisotopic (exact) mass is 802 g/mol. The van der Waals surface area contributed by atoms with E-state index in [4.69, 9.17) is 4.42 Å². The zero-order chi connectivity index (χ0) is 41.4. The van der Waals surface area contributed by atoms with Crippen LogP contribution in [0.4, 0.5) is 17.1 Å². The second kappa shape index (κ2) is 14.1. The summed E-state index contributed by atoms with van der Waals surface area (Å²) in [6.45, 7) is 0. The van der Waals surface area contributed by atoms with E-state index in [1.165, 1.54) is 70.8 Å². The number of fused-ring (bicyclic) bond motifs is 10. The fourth-order valence-electron chi connectivity index (χ4n) is 10.00. The molecule has 0 spiro atoms. The summed E-state index contributed by atoms with van der Waals surface area (Å²) in [6.07, 6.45) is 0. The molecule has 63 heavy (non-hydrogen) atoms. The molecule has 294 valence electrons. The van der Waals surface area contributed by atoms with Crippen molar-refractivity contribution in [1.29, 1.82) is 0 Å². The largest absolute Gasteiger partial charge is 0.456 e. The van der Waals surface area contributed by atoms with Gasteiger partial charge in [-0.2, -0.15) is 0 Å². The van der Waals surface area contributed by atoms with E-state index in [9.17, 15) is 0 Å². The number of aromatic nitrogens is 1. The van der Waals surface area contributed by atoms with Gasteiger partial charge in [-0.05, 0) is 104 Å². The number of hydrogen-bond acceptors (Lipinski definition) is 2. The van der Waals surface area contributed by atoms with Gasteiger partial charge in [0.1, 0.15) is 11.2 Å². The second-order valence-corrected chi connectivity index (χ2v) is 16.5. The van der Waals surface area contributed by atoms with Gasteiger partial charge in [0, 0.05) is 43.7 Å². The van der Waals surface area contributed by atoms with E-state index in [1.54, 1.807) is 0 Å². The summed E-state index contributed by atoms with van der Waals surface area (Å²) in [4.78, 5) is 2.42. The Kier molecular flexibility index (Phi) is 7.91. The molecule has 0 saturated heterocycles. The predicted molar refractivity (Wildman–Crippen MR) is 266 cm³/mol. The van der Waals surface area contributed by atoms with Crippen LogP contribution in [0.15, 0.2) is 235 Å². The number of benzene rings is 11. The molecule has 0 N–H and O–H groups in total. The Labute approximate surface area is 363 Å². The number of furan rings is 1. The fraction of sp³-hybridized carbons (Fsp3) is 0. The molecule has 3 heteroatoms. The first kappa shape index (κ1) is 35.4. The normalized spacial score (nSPS) is 11.8. The van der Waals surface area contributed by atoms with Crippen LogP contribution >= 0.6 is 0 Å². The van der Waals surface area contributed by atoms with E-state index in [-0.39, 0.29) is 0 Å². The molecular formula is C60H38N2O. The van der Waals surface area contributed by atoms with Crippen LogP contribution in [0.3, 0.4) is 0 Å². The minimum atomic E-state index is 0.895. The van der Waals surface area contributed by atoms with E-state index in [1.807, 2.05) is 0 Å². The van der Waals surface area contributed by atoms with Crippen LogP contribution in [0, 0.1) is 0 Å². The predicted octanol–water partition coefficient (Wildman–Crippen LogP) is 16.9. The lowest BCUT2D eigenvalue weighted by molar-refractivity contribution is 0.669. The van der Waals surface area contributed by atoms with E-state index < -0.39 is 0 Å². The topological polar surface area (TPSA) is 21.3 Å². The molecule has 0 fully saturated rings. The van der Waals surface area contributed by atoms with Crippen LogP contribution in [0.5, 0.6) is 0 Å². The van der Waals surface area contributed by atoms with Crippen LogP contribution in [0.2, 0.25) is 0 Å². The Morgan fingerprint density at radius 1 is 0.317 bits per heavy atom. The lowest BCUT2D eigenvalue weighted by Crippen LogP contribution is -2.11. The highest BCUT2D eigenvalue weighted by Gasteiger charge is 2.20. The maximum Gasteiger partial charge on any atom is 0.136 e. The molecule has 0 aliphatic heterocycles. The van der Waals surface area contributed by atoms with Crippen LogP contribution < -0.4 is 4.90 Å². The smallest absolute Gasteiger partial charge is 0.136 e. The molecule has 13 aromatic rings. The van der Waals surface area contributed by atoms with E-state index in [0.29, 0.717) is 0 Å². The molecule has 0 aliphatic rings. The number of rotatable bonds is 6. The van der Waals surface area contributed by atoms with Crippen LogP contribution in [0.25, 0.3) is 104 Å². The van der Waals surface area contributed by atoms with Crippen molar-refractivity contribution in [3.05, 3.63) is 231 Å². The molecule has 0 unspecified atom stereocenters. The molecule has 2 heterocycles. The van der Waals surface area contributed by atoms with Crippen LogP contribution in [-0.2, 0) is 0 Å². The van der Waals surface area contributed by atoms with Gasteiger partial charge in [0.15, 0.2) is 0 Å². The first-order valence-electron chi connectivity index (χ1n) is 21.6. The van der Waals surface area contributed by atoms with Crippen LogP contribution in [0.1, 0.15) is 0 Å². The SMILES string of the molecule is c1cc(-c2ccc(-c3ccc4c5ccccc5n(-c5ccc6oc7ccc8ccccc8c7c6c5)c4c3)cc2)cc(N(c2cccc3ccccc23)c2cccc3ccccc23)c1. The summed E-state index contributed by atoms with van der Waals surface area (Å²) in [5, 5.41) is 12.0. The van der Waals surface area contributed by atoms with Crippen molar-refractivity contribution in [1.82, 2.24) is 4.57 Å². The van der Waals surface area contributed by atoms with Crippen molar-refractivity contribution in [3.8, 4) is 27.9 Å². The summed E-state index contributed by atoms with van der Waals surface area (Å²) in [5.41, 5.74) is 13.3. The Hall–Kier alpha value is -8.40. The molecule has 13 rings (SSSR count). The molecule has 3 nitrogen and oxygen atoms in total. The average Bonchev–Trinajstić information content (AvgIpc) is 3.90. The molecule has 0 radical (unpaired) electrons. The summed E-state index contributed by atoms with van der Waals surface area (Å²) in [7, 11) is 0. The molecule has 11 aromatic carbocycles. The first-order valence-corrected chi connectivity index (χ1v) is 21.6. The van der Waals surface area contributed by atoms with Gasteiger partial charge in [0.05, 0.1) is 22.4 Å². The summed E-state index contributed by atoms with van der Waals surface area (Å²) in [5.74, 6) is 0. The van der Waals surface area contributed by atoms with Gasteiger partial charge in [-0.25, -0.2) is 0 Å². The maximum absolute atomic E-state index is 6.40. The molecule has 0 amide bonds. The van der Waals surface area contributed by atoms with E-state index in [2.05, 4.69) is 240 Å². The van der Waals surface area contributed by atoms with Crippen molar-refractivity contribution in [3.63, 3.8) is 0 Å². The molecule has 0 aliphatic carbocycles. The summed E-state index contributed by atoms with van der Waals surface area (Å²) < 4.78 is 8.82. The van der Waals surface area contributed by atoms with Gasteiger partial charge in [-0.1, -0.05) is 170 Å². The summed E-state index contributed by atoms with van der Waals surface area (Å²) in [6, 6.07) is 83.6. The molecular weight excluding hydrogens is 765 g/mol. The third-order valence-electron chi connectivity index (χ3n) is 12.9. The highest BCUT2D eigenvalue weighted by atomic mass is 16.3. The lowest BCUT2D eigenvalue weighted by Gasteiger charge is -2.28. The third kappa shape index (κ3) is 5.67. The zero-order valence-corrected chi connectivity index (χ0v) is 34.2. The average molecular weight is 803 g/mol. The fourth-order valence-corrected chi connectivity index (χ4v) is 10.00. The Morgan fingerprint density at radius 2 is 0.857 bits per heavy atom. The van der Waals surface area contributed by atoms with Crippen LogP contribution in [-0.4, -0.2) is 4.57 Å². The Bertz CT molecular complexity index is 3840. The second-order valence-electron chi connectivity index (χ2n) is 16.5. The van der Waals surface area contributed by atoms with Gasteiger partial charge in [-0.15, -0.1) is 0 Å². The van der Waals surface area contributed by atoms with E-state index >= 15 is 0 Å². The molecule has 0 saturated carbocycles. The van der Waals surface area contributed by atoms with Gasteiger partial charge in [0.25, 0.3) is 0 Å². The van der Waals surface area contributed by atoms with Crippen molar-refractivity contribution < 1.29 is 4.42 Å². The minimum absolute atomic E-state index is 0.895. The Morgan fingerprint density at radius 3 is 1.57 bits per heavy atom. The van der Waals surface area contributed by atoms with Gasteiger partial charge >= 0.3 is 0 Å². The lowest BCUT2D eigenvalue weighted by atomic mass is 9.98. The quantitative estimate of drug-likeness (QED) is 0.167. The first-order chi connectivity index (χ1) is 31.2. The third-order valence-corrected chi connectivity index (χ3v) is 12.9. The molecule has 0 atom stereocenters. The van der Waals surface area contributed by atoms with Gasteiger partial charge in [0.2, 0.25) is 0 Å². The van der Waals surface area contributed by atoms with E-state index in [0.717, 1.165) is 50.3 Å². The van der Waals surface area contributed by atoms with Gasteiger partial charge < -0.3 is 13.9 Å². The number of para-hydroxylation sites is 1. The van der Waals surface area contributed by atoms with Crippen molar-refractivity contribution in [2.24, 2.45) is 0 Å².